The zero-order chi connectivity index (χ0) is 14.3. The molecule has 3 aromatic rings. The average molecular weight is 273 g/mol. The largest absolute Gasteiger partial charge is 0.364 e. The Labute approximate surface area is 124 Å². The lowest BCUT2D eigenvalue weighted by atomic mass is 10.1. The topological polar surface area (TPSA) is 26.0 Å². The van der Waals surface area contributed by atoms with E-state index in [1.807, 2.05) is 60.7 Å². The van der Waals surface area contributed by atoms with Gasteiger partial charge < -0.3 is 4.52 Å². The first kappa shape index (κ1) is 13.1. The molecule has 102 valence electrons. The third-order valence-corrected chi connectivity index (χ3v) is 3.11. The molecule has 0 aliphatic heterocycles. The summed E-state index contributed by atoms with van der Waals surface area (Å²) in [6.07, 6.45) is 9.70. The Balaban J connectivity index is 1.78. The minimum absolute atomic E-state index is 0.825. The molecule has 0 unspecified atom stereocenters. The van der Waals surface area contributed by atoms with Crippen molar-refractivity contribution in [1.82, 2.24) is 5.16 Å². The van der Waals surface area contributed by atoms with Gasteiger partial charge in [-0.1, -0.05) is 78.0 Å². The van der Waals surface area contributed by atoms with Crippen LogP contribution in [0.3, 0.4) is 0 Å². The number of benzene rings is 2. The van der Waals surface area contributed by atoms with E-state index < -0.39 is 0 Å². The molecule has 0 N–H and O–H groups in total. The molecule has 0 atom stereocenters. The van der Waals surface area contributed by atoms with Crippen LogP contribution < -0.4 is 0 Å². The van der Waals surface area contributed by atoms with Gasteiger partial charge in [-0.15, -0.1) is 0 Å². The maximum absolute atomic E-state index is 5.07. The second-order valence-corrected chi connectivity index (χ2v) is 4.64. The maximum atomic E-state index is 5.07. The molecule has 0 aliphatic rings. The summed E-state index contributed by atoms with van der Waals surface area (Å²) < 4.78 is 5.07. The van der Waals surface area contributed by atoms with Crippen molar-refractivity contribution in [3.63, 3.8) is 0 Å². The summed E-state index contributed by atoms with van der Waals surface area (Å²) in [5, 5.41) is 4.03. The van der Waals surface area contributed by atoms with Gasteiger partial charge in [0.2, 0.25) is 0 Å². The van der Waals surface area contributed by atoms with Gasteiger partial charge in [0.1, 0.15) is 12.0 Å². The zero-order valence-corrected chi connectivity index (χ0v) is 11.5. The van der Waals surface area contributed by atoms with E-state index in [0.29, 0.717) is 0 Å². The van der Waals surface area contributed by atoms with Crippen LogP contribution in [0.1, 0.15) is 22.4 Å². The predicted octanol–water partition coefficient (Wildman–Crippen LogP) is 5.02. The summed E-state index contributed by atoms with van der Waals surface area (Å²) in [6.45, 7) is 0. The third-order valence-electron chi connectivity index (χ3n) is 3.11. The fourth-order valence-electron chi connectivity index (χ4n) is 1.99. The lowest BCUT2D eigenvalue weighted by molar-refractivity contribution is 0.418. The summed E-state index contributed by atoms with van der Waals surface area (Å²) in [4.78, 5) is 0. The number of hydrogen-bond acceptors (Lipinski definition) is 2. The first-order valence-electron chi connectivity index (χ1n) is 6.82. The lowest BCUT2D eigenvalue weighted by Crippen LogP contribution is -1.76. The van der Waals surface area contributed by atoms with Gasteiger partial charge in [0.25, 0.3) is 0 Å². The zero-order valence-electron chi connectivity index (χ0n) is 11.5. The van der Waals surface area contributed by atoms with Crippen LogP contribution in [-0.4, -0.2) is 5.16 Å². The van der Waals surface area contributed by atoms with Crippen molar-refractivity contribution in [2.45, 2.75) is 0 Å². The highest BCUT2D eigenvalue weighted by Crippen LogP contribution is 2.15. The van der Waals surface area contributed by atoms with Crippen LogP contribution >= 0.6 is 0 Å². The van der Waals surface area contributed by atoms with E-state index in [2.05, 4.69) is 29.4 Å². The minimum Gasteiger partial charge on any atom is -0.364 e. The summed E-state index contributed by atoms with van der Waals surface area (Å²) >= 11 is 0. The maximum Gasteiger partial charge on any atom is 0.131 e. The van der Waals surface area contributed by atoms with Crippen molar-refractivity contribution in [1.29, 1.82) is 0 Å². The average Bonchev–Trinajstić information content (AvgIpc) is 3.00. The summed E-state index contributed by atoms with van der Waals surface area (Å²) in [5.41, 5.74) is 4.08. The van der Waals surface area contributed by atoms with Crippen molar-refractivity contribution in [2.75, 3.05) is 0 Å². The highest BCUT2D eigenvalue weighted by Gasteiger charge is 2.00. The molecule has 0 saturated heterocycles. The molecule has 0 bridgehead atoms. The van der Waals surface area contributed by atoms with Crippen LogP contribution in [0, 0.1) is 0 Å². The molecular weight excluding hydrogens is 258 g/mol. The molecule has 0 aliphatic carbocycles. The van der Waals surface area contributed by atoms with E-state index in [1.165, 1.54) is 0 Å². The Bertz CT molecular complexity index is 676. The van der Waals surface area contributed by atoms with Crippen LogP contribution in [0.25, 0.3) is 24.3 Å². The van der Waals surface area contributed by atoms with E-state index in [4.69, 9.17) is 4.52 Å². The van der Waals surface area contributed by atoms with Crippen LogP contribution in [0.2, 0.25) is 0 Å². The first-order valence-corrected chi connectivity index (χ1v) is 6.82. The first-order chi connectivity index (χ1) is 10.4. The number of hydrogen-bond donors (Lipinski definition) is 0. The quantitative estimate of drug-likeness (QED) is 0.667. The molecule has 0 amide bonds. The Morgan fingerprint density at radius 2 is 1.24 bits per heavy atom. The predicted molar refractivity (Wildman–Crippen MR) is 87.2 cm³/mol. The molecule has 0 spiro atoms. The molecule has 0 fully saturated rings. The third kappa shape index (κ3) is 3.57. The van der Waals surface area contributed by atoms with Gasteiger partial charge in [-0.25, -0.2) is 0 Å². The number of aromatic nitrogens is 1. The van der Waals surface area contributed by atoms with Gasteiger partial charge in [0.05, 0.1) is 0 Å². The Hall–Kier alpha value is -2.87. The summed E-state index contributed by atoms with van der Waals surface area (Å²) in [6, 6.07) is 20.3. The molecule has 2 heteroatoms. The summed E-state index contributed by atoms with van der Waals surface area (Å²) in [7, 11) is 0. The minimum atomic E-state index is 0.825. The molecule has 0 radical (unpaired) electrons. The lowest BCUT2D eigenvalue weighted by Gasteiger charge is -1.92. The Morgan fingerprint density at radius 3 is 1.86 bits per heavy atom. The molecule has 1 heterocycles. The normalized spacial score (nSPS) is 11.4. The second-order valence-electron chi connectivity index (χ2n) is 4.64. The van der Waals surface area contributed by atoms with Crippen molar-refractivity contribution in [3.05, 3.63) is 89.3 Å². The molecule has 2 aromatic carbocycles. The molecule has 2 nitrogen and oxygen atoms in total. The van der Waals surface area contributed by atoms with Crippen LogP contribution in [0.15, 0.2) is 71.4 Å². The van der Waals surface area contributed by atoms with Gasteiger partial charge in [-0.05, 0) is 23.3 Å². The highest BCUT2D eigenvalue weighted by atomic mass is 16.5. The molecular formula is C19H15NO. The smallest absolute Gasteiger partial charge is 0.131 e. The second kappa shape index (κ2) is 6.53. The monoisotopic (exact) mass is 273 g/mol. The van der Waals surface area contributed by atoms with Crippen molar-refractivity contribution in [3.8, 4) is 0 Å². The van der Waals surface area contributed by atoms with E-state index >= 15 is 0 Å². The van der Waals surface area contributed by atoms with E-state index in [0.717, 1.165) is 22.4 Å². The highest BCUT2D eigenvalue weighted by molar-refractivity contribution is 5.77. The van der Waals surface area contributed by atoms with Crippen molar-refractivity contribution < 1.29 is 4.52 Å². The fourth-order valence-corrected chi connectivity index (χ4v) is 1.99. The van der Waals surface area contributed by atoms with Gasteiger partial charge in [0, 0.05) is 5.56 Å². The van der Waals surface area contributed by atoms with Crippen LogP contribution in [0.5, 0.6) is 0 Å². The number of nitrogens with zero attached hydrogens (tertiary/aromatic N) is 1. The van der Waals surface area contributed by atoms with E-state index in [-0.39, 0.29) is 0 Å². The SMILES string of the molecule is C(=Cc1conc1C=Cc1ccccc1)c1ccccc1. The Morgan fingerprint density at radius 1 is 0.667 bits per heavy atom. The molecule has 21 heavy (non-hydrogen) atoms. The molecule has 0 saturated carbocycles. The van der Waals surface area contributed by atoms with E-state index in [9.17, 15) is 0 Å². The number of rotatable bonds is 4. The van der Waals surface area contributed by atoms with Crippen molar-refractivity contribution >= 4 is 24.3 Å². The molecule has 3 rings (SSSR count). The van der Waals surface area contributed by atoms with Gasteiger partial charge >= 0.3 is 0 Å². The van der Waals surface area contributed by atoms with E-state index in [1.54, 1.807) is 6.26 Å². The standard InChI is InChI=1S/C19H15NO/c1-3-7-16(8-4-1)11-13-18-15-21-20-19(18)14-12-17-9-5-2-6-10-17/h1-15H. The van der Waals surface area contributed by atoms with Gasteiger partial charge in [-0.3, -0.25) is 0 Å². The van der Waals surface area contributed by atoms with Gasteiger partial charge in [-0.2, -0.15) is 0 Å². The fraction of sp³-hybridized carbons (Fsp3) is 0. The van der Waals surface area contributed by atoms with Crippen LogP contribution in [-0.2, 0) is 0 Å². The Kier molecular flexibility index (Phi) is 4.08. The van der Waals surface area contributed by atoms with Crippen LogP contribution in [0.4, 0.5) is 0 Å². The van der Waals surface area contributed by atoms with Crippen molar-refractivity contribution in [2.24, 2.45) is 0 Å². The summed E-state index contributed by atoms with van der Waals surface area (Å²) in [5.74, 6) is 0. The molecule has 1 aromatic heterocycles. The van der Waals surface area contributed by atoms with Gasteiger partial charge in [0.15, 0.2) is 0 Å².